The summed E-state index contributed by atoms with van der Waals surface area (Å²) in [7, 11) is 0. The van der Waals surface area contributed by atoms with E-state index in [2.05, 4.69) is 248 Å². The number of anilines is 3. The molecule has 0 fully saturated rings. The van der Waals surface area contributed by atoms with Crippen molar-refractivity contribution in [3.05, 3.63) is 293 Å². The number of para-hydroxylation sites is 3. The van der Waals surface area contributed by atoms with Crippen LogP contribution < -0.4 is 4.90 Å². The van der Waals surface area contributed by atoms with Crippen molar-refractivity contribution in [1.82, 2.24) is 0 Å². The fourth-order valence-corrected chi connectivity index (χ4v) is 13.6. The summed E-state index contributed by atoms with van der Waals surface area (Å²) in [6.07, 6.45) is 0. The lowest BCUT2D eigenvalue weighted by Gasteiger charge is -2.48. The summed E-state index contributed by atoms with van der Waals surface area (Å²) in [6.45, 7) is 0. The van der Waals surface area contributed by atoms with Crippen LogP contribution in [0.15, 0.2) is 258 Å². The van der Waals surface area contributed by atoms with Crippen LogP contribution in [0, 0.1) is 0 Å². The molecule has 2 aromatic heterocycles. The van der Waals surface area contributed by atoms with Crippen molar-refractivity contribution < 1.29 is 8.83 Å². The first-order chi connectivity index (χ1) is 35.2. The molecule has 0 saturated heterocycles. The smallest absolute Gasteiger partial charge is 0.159 e. The molecule has 0 aliphatic heterocycles. The van der Waals surface area contributed by atoms with Gasteiger partial charge in [0.2, 0.25) is 0 Å². The van der Waals surface area contributed by atoms with Gasteiger partial charge < -0.3 is 13.7 Å². The van der Waals surface area contributed by atoms with E-state index in [0.717, 1.165) is 72.1 Å². The fraction of sp³-hybridized carbons (Fsp3) is 0.0294. The Kier molecular flexibility index (Phi) is 7.75. The molecule has 0 atom stereocenters. The third-order valence-electron chi connectivity index (χ3n) is 16.2. The van der Waals surface area contributed by atoms with Gasteiger partial charge in [-0.25, -0.2) is 0 Å². The van der Waals surface area contributed by atoms with Gasteiger partial charge in [-0.15, -0.1) is 0 Å². The third kappa shape index (κ3) is 4.87. The topological polar surface area (TPSA) is 29.5 Å². The lowest BCUT2D eigenvalue weighted by molar-refractivity contribution is 0.633. The highest BCUT2D eigenvalue weighted by molar-refractivity contribution is 6.13. The summed E-state index contributed by atoms with van der Waals surface area (Å²) in [5, 5.41) is 4.43. The van der Waals surface area contributed by atoms with E-state index in [1.54, 1.807) is 0 Å². The van der Waals surface area contributed by atoms with Crippen LogP contribution in [0.25, 0.3) is 77.3 Å². The molecule has 3 aliphatic rings. The minimum atomic E-state index is -0.639. The van der Waals surface area contributed by atoms with Crippen molar-refractivity contribution in [2.45, 2.75) is 10.8 Å². The monoisotopic (exact) mass is 903 g/mol. The van der Waals surface area contributed by atoms with Gasteiger partial charge >= 0.3 is 0 Å². The molecule has 3 aliphatic carbocycles. The second kappa shape index (κ2) is 14.2. The molecule has 2 spiro atoms. The second-order valence-electron chi connectivity index (χ2n) is 19.3. The van der Waals surface area contributed by atoms with Gasteiger partial charge in [0.05, 0.1) is 22.2 Å². The number of nitrogens with zero attached hydrogens (tertiary/aromatic N) is 1. The summed E-state index contributed by atoms with van der Waals surface area (Å²) in [4.78, 5) is 2.45. The van der Waals surface area contributed by atoms with Gasteiger partial charge in [0, 0.05) is 32.8 Å². The minimum absolute atomic E-state index is 0.515. The highest BCUT2D eigenvalue weighted by Gasteiger charge is 2.59. The van der Waals surface area contributed by atoms with E-state index >= 15 is 0 Å². The Morgan fingerprint density at radius 3 is 1.38 bits per heavy atom. The number of rotatable bonds is 4. The molecule has 330 valence electrons. The maximum Gasteiger partial charge on any atom is 0.159 e. The number of furan rings is 2. The average Bonchev–Trinajstić information content (AvgIpc) is 4.18. The van der Waals surface area contributed by atoms with Crippen LogP contribution in [0.5, 0.6) is 0 Å². The Bertz CT molecular complexity index is 4280. The maximum atomic E-state index is 6.93. The van der Waals surface area contributed by atoms with E-state index < -0.39 is 10.8 Å². The molecule has 2 heterocycles. The molecule has 0 N–H and O–H groups in total. The lowest BCUT2D eigenvalue weighted by Crippen LogP contribution is -2.43. The van der Waals surface area contributed by atoms with Gasteiger partial charge in [0.15, 0.2) is 5.58 Å². The zero-order chi connectivity index (χ0) is 46.4. The molecular weight excluding hydrogens is 863 g/mol. The lowest BCUT2D eigenvalue weighted by atomic mass is 9.52. The van der Waals surface area contributed by atoms with Gasteiger partial charge in [-0.1, -0.05) is 206 Å². The predicted molar refractivity (Wildman–Crippen MR) is 289 cm³/mol. The van der Waals surface area contributed by atoms with Gasteiger partial charge in [0.25, 0.3) is 0 Å². The number of hydrogen-bond donors (Lipinski definition) is 0. The predicted octanol–water partition coefficient (Wildman–Crippen LogP) is 17.7. The zero-order valence-corrected chi connectivity index (χ0v) is 38.4. The molecule has 0 saturated carbocycles. The van der Waals surface area contributed by atoms with Crippen LogP contribution in [0.1, 0.15) is 44.5 Å². The Hall–Kier alpha value is -9.18. The Morgan fingerprint density at radius 1 is 0.282 bits per heavy atom. The first-order valence-electron chi connectivity index (χ1n) is 24.6. The maximum absolute atomic E-state index is 6.93. The van der Waals surface area contributed by atoms with Crippen molar-refractivity contribution in [1.29, 1.82) is 0 Å². The molecular formula is C68H41NO2. The normalized spacial score (nSPS) is 14.1. The van der Waals surface area contributed by atoms with Crippen molar-refractivity contribution in [2.24, 2.45) is 0 Å². The van der Waals surface area contributed by atoms with E-state index in [0.29, 0.717) is 0 Å². The molecule has 0 radical (unpaired) electrons. The van der Waals surface area contributed by atoms with Crippen LogP contribution in [-0.2, 0) is 10.8 Å². The summed E-state index contributed by atoms with van der Waals surface area (Å²) in [5.74, 6) is 0. The molecule has 0 unspecified atom stereocenters. The highest BCUT2D eigenvalue weighted by atomic mass is 16.3. The Morgan fingerprint density at radius 2 is 0.718 bits per heavy atom. The standard InChI is InChI=1S/C68H41NO2/c1-6-25-51-45(18-1)46-19-2-7-26-52(46)67(51)54-28-9-11-30-56(54)68(57-31-12-10-29-55(57)67)53-27-8-3-21-49(53)65-58(68)32-17-33-59(65)69(60-34-15-24-48-47-20-4-13-35-61(47)71-66(48)60)43-40-38-42(39-41-43)44-23-16-37-63-64(44)50-22-5-14-36-62(50)70-63/h1-41H. The minimum Gasteiger partial charge on any atom is -0.456 e. The molecule has 13 aromatic rings. The SMILES string of the molecule is c1ccc2c(c1)-c1ccccc1C21c2ccccc2C2(c3ccccc3-c3c(N(c4ccc(-c5cccc6oc7ccccc7c56)cc4)c4cccc5c4oc4ccccc45)cccc32)c2ccccc21. The molecule has 71 heavy (non-hydrogen) atoms. The molecule has 0 amide bonds. The first-order valence-corrected chi connectivity index (χ1v) is 24.6. The quantitative estimate of drug-likeness (QED) is 0.176. The van der Waals surface area contributed by atoms with E-state index in [1.807, 2.05) is 6.07 Å². The van der Waals surface area contributed by atoms with Gasteiger partial charge in [-0.3, -0.25) is 0 Å². The average molecular weight is 904 g/mol. The largest absolute Gasteiger partial charge is 0.456 e. The molecule has 3 nitrogen and oxygen atoms in total. The van der Waals surface area contributed by atoms with E-state index in [9.17, 15) is 0 Å². The first kappa shape index (κ1) is 38.8. The van der Waals surface area contributed by atoms with E-state index in [4.69, 9.17) is 8.83 Å². The van der Waals surface area contributed by atoms with E-state index in [1.165, 1.54) is 66.8 Å². The van der Waals surface area contributed by atoms with Crippen molar-refractivity contribution >= 4 is 60.9 Å². The Balaban J connectivity index is 0.978. The molecule has 16 rings (SSSR count). The third-order valence-corrected chi connectivity index (χ3v) is 16.2. The van der Waals surface area contributed by atoms with Crippen molar-refractivity contribution in [3.63, 3.8) is 0 Å². The van der Waals surface area contributed by atoms with Gasteiger partial charge in [-0.2, -0.15) is 0 Å². The number of benzene rings is 11. The van der Waals surface area contributed by atoms with E-state index in [-0.39, 0.29) is 0 Å². The number of hydrogen-bond acceptors (Lipinski definition) is 3. The zero-order valence-electron chi connectivity index (χ0n) is 38.4. The van der Waals surface area contributed by atoms with Gasteiger partial charge in [0.1, 0.15) is 16.7 Å². The van der Waals surface area contributed by atoms with Crippen molar-refractivity contribution in [2.75, 3.05) is 4.90 Å². The van der Waals surface area contributed by atoms with Crippen LogP contribution >= 0.6 is 0 Å². The molecule has 0 bridgehead atoms. The fourth-order valence-electron chi connectivity index (χ4n) is 13.6. The number of fused-ring (bicyclic) bond motifs is 22. The highest BCUT2D eigenvalue weighted by Crippen LogP contribution is 2.68. The Labute approximate surface area is 410 Å². The summed E-state index contributed by atoms with van der Waals surface area (Å²) in [5.41, 5.74) is 23.2. The molecule has 11 aromatic carbocycles. The molecule has 3 heteroatoms. The van der Waals surface area contributed by atoms with Crippen LogP contribution in [-0.4, -0.2) is 0 Å². The second-order valence-corrected chi connectivity index (χ2v) is 19.3. The van der Waals surface area contributed by atoms with Crippen molar-refractivity contribution in [3.8, 4) is 33.4 Å². The van der Waals surface area contributed by atoms with Crippen LogP contribution in [0.4, 0.5) is 17.1 Å². The van der Waals surface area contributed by atoms with Crippen LogP contribution in [0.3, 0.4) is 0 Å². The summed E-state index contributed by atoms with van der Waals surface area (Å²) in [6, 6.07) is 91.8. The van der Waals surface area contributed by atoms with Crippen LogP contribution in [0.2, 0.25) is 0 Å². The van der Waals surface area contributed by atoms with Gasteiger partial charge in [-0.05, 0) is 115 Å². The summed E-state index contributed by atoms with van der Waals surface area (Å²) >= 11 is 0. The summed E-state index contributed by atoms with van der Waals surface area (Å²) < 4.78 is 13.3.